The smallest absolute Gasteiger partial charge is 0.239 e. The van der Waals surface area contributed by atoms with Gasteiger partial charge in [-0.2, -0.15) is 0 Å². The van der Waals surface area contributed by atoms with E-state index in [2.05, 4.69) is 5.32 Å². The van der Waals surface area contributed by atoms with E-state index in [0.717, 1.165) is 29.5 Å². The molecule has 2 aromatic rings. The molecule has 0 saturated carbocycles. The van der Waals surface area contributed by atoms with Gasteiger partial charge in [-0.3, -0.25) is 4.79 Å². The number of carbonyl (C=O) groups is 1. The Morgan fingerprint density at radius 2 is 2.04 bits per heavy atom. The van der Waals surface area contributed by atoms with Crippen LogP contribution in [0.5, 0.6) is 0 Å². The number of amides is 1. The van der Waals surface area contributed by atoms with Crippen LogP contribution in [0.15, 0.2) is 42.5 Å². The maximum Gasteiger partial charge on any atom is 0.239 e. The largest absolute Gasteiger partial charge is 0.376 e. The first-order valence-corrected chi connectivity index (χ1v) is 9.00. The van der Waals surface area contributed by atoms with Crippen LogP contribution in [-0.2, 0) is 16.1 Å². The summed E-state index contributed by atoms with van der Waals surface area (Å²) < 4.78 is 5.49. The van der Waals surface area contributed by atoms with E-state index in [1.54, 1.807) is 12.1 Å². The van der Waals surface area contributed by atoms with Crippen LogP contribution in [0.2, 0.25) is 10.0 Å². The van der Waals surface area contributed by atoms with Crippen LogP contribution >= 0.6 is 23.2 Å². The van der Waals surface area contributed by atoms with E-state index in [1.165, 1.54) is 0 Å². The van der Waals surface area contributed by atoms with E-state index in [0.29, 0.717) is 23.2 Å². The van der Waals surface area contributed by atoms with Gasteiger partial charge in [-0.05, 0) is 36.1 Å². The molecule has 0 aromatic heterocycles. The molecule has 0 radical (unpaired) electrons. The second-order valence-electron chi connectivity index (χ2n) is 6.08. The molecule has 2 unspecified atom stereocenters. The summed E-state index contributed by atoms with van der Waals surface area (Å²) in [5.74, 6) is -0.205. The fourth-order valence-electron chi connectivity index (χ4n) is 3.00. The Bertz CT molecular complexity index is 761. The molecule has 1 aliphatic rings. The molecule has 1 heterocycles. The van der Waals surface area contributed by atoms with Crippen molar-refractivity contribution < 1.29 is 9.53 Å². The second-order valence-corrected chi connectivity index (χ2v) is 6.92. The molecule has 0 bridgehead atoms. The molecule has 1 amide bonds. The highest BCUT2D eigenvalue weighted by Gasteiger charge is 2.28. The summed E-state index contributed by atoms with van der Waals surface area (Å²) in [6.45, 7) is 1.04. The van der Waals surface area contributed by atoms with Crippen LogP contribution in [-0.4, -0.2) is 24.7 Å². The Labute approximate surface area is 157 Å². The average molecular weight is 379 g/mol. The van der Waals surface area contributed by atoms with Gasteiger partial charge >= 0.3 is 0 Å². The Kier molecular flexibility index (Phi) is 5.97. The van der Waals surface area contributed by atoms with Crippen molar-refractivity contribution in [3.63, 3.8) is 0 Å². The molecule has 2 aromatic carbocycles. The van der Waals surface area contributed by atoms with Crippen LogP contribution in [0, 0.1) is 0 Å². The van der Waals surface area contributed by atoms with Gasteiger partial charge < -0.3 is 15.8 Å². The van der Waals surface area contributed by atoms with Crippen LogP contribution in [0.25, 0.3) is 11.1 Å². The van der Waals surface area contributed by atoms with E-state index >= 15 is 0 Å². The molecule has 0 aliphatic carbocycles. The zero-order chi connectivity index (χ0) is 17.8. The zero-order valence-electron chi connectivity index (χ0n) is 13.7. The predicted molar refractivity (Wildman–Crippen MR) is 101 cm³/mol. The standard InChI is InChI=1S/C19H20Cl2N2O2/c20-13-7-8-15(16(21)10-13)14-5-2-1-4-12(14)11-23-19(24)18(22)17-6-3-9-25-17/h1-2,4-5,7-8,10,17-18H,3,6,9,11,22H2,(H,23,24). The summed E-state index contributed by atoms with van der Waals surface area (Å²) in [6, 6.07) is 12.5. The predicted octanol–water partition coefficient (Wildman–Crippen LogP) is 3.78. The Morgan fingerprint density at radius 3 is 2.76 bits per heavy atom. The molecule has 1 aliphatic heterocycles. The van der Waals surface area contributed by atoms with Crippen LogP contribution in [0.3, 0.4) is 0 Å². The first-order chi connectivity index (χ1) is 12.1. The van der Waals surface area contributed by atoms with Crippen LogP contribution in [0.4, 0.5) is 0 Å². The van der Waals surface area contributed by atoms with E-state index in [1.807, 2.05) is 30.3 Å². The zero-order valence-corrected chi connectivity index (χ0v) is 15.2. The number of nitrogens with one attached hydrogen (secondary N) is 1. The van der Waals surface area contributed by atoms with Gasteiger partial charge in [0, 0.05) is 28.8 Å². The highest BCUT2D eigenvalue weighted by atomic mass is 35.5. The first-order valence-electron chi connectivity index (χ1n) is 8.24. The summed E-state index contributed by atoms with van der Waals surface area (Å²) in [4.78, 5) is 12.3. The van der Waals surface area contributed by atoms with Crippen molar-refractivity contribution in [3.8, 4) is 11.1 Å². The van der Waals surface area contributed by atoms with E-state index < -0.39 is 6.04 Å². The number of carbonyl (C=O) groups excluding carboxylic acids is 1. The summed E-state index contributed by atoms with van der Waals surface area (Å²) >= 11 is 12.3. The van der Waals surface area contributed by atoms with Gasteiger partial charge in [-0.15, -0.1) is 0 Å². The number of nitrogens with two attached hydrogens (primary N) is 1. The number of hydrogen-bond acceptors (Lipinski definition) is 3. The lowest BCUT2D eigenvalue weighted by Gasteiger charge is -2.19. The van der Waals surface area contributed by atoms with Gasteiger partial charge in [0.15, 0.2) is 0 Å². The molecule has 6 heteroatoms. The minimum absolute atomic E-state index is 0.194. The summed E-state index contributed by atoms with van der Waals surface area (Å²) in [5.41, 5.74) is 8.79. The highest BCUT2D eigenvalue weighted by molar-refractivity contribution is 6.36. The SMILES string of the molecule is NC(C(=O)NCc1ccccc1-c1ccc(Cl)cc1Cl)C1CCCO1. The van der Waals surface area contributed by atoms with Gasteiger partial charge in [0.2, 0.25) is 5.91 Å². The van der Waals surface area contributed by atoms with E-state index in [9.17, 15) is 4.79 Å². The van der Waals surface area contributed by atoms with Crippen LogP contribution < -0.4 is 11.1 Å². The second kappa shape index (κ2) is 8.19. The van der Waals surface area contributed by atoms with Crippen LogP contribution in [0.1, 0.15) is 18.4 Å². The molecule has 25 heavy (non-hydrogen) atoms. The number of halogens is 2. The lowest BCUT2D eigenvalue weighted by Crippen LogP contribution is -2.47. The van der Waals surface area contributed by atoms with Crippen molar-refractivity contribution in [2.75, 3.05) is 6.61 Å². The van der Waals surface area contributed by atoms with Crippen molar-refractivity contribution in [2.45, 2.75) is 31.5 Å². The Balaban J connectivity index is 1.74. The Morgan fingerprint density at radius 1 is 1.24 bits per heavy atom. The molecule has 3 N–H and O–H groups in total. The summed E-state index contributed by atoms with van der Waals surface area (Å²) in [5, 5.41) is 4.06. The van der Waals surface area contributed by atoms with Gasteiger partial charge in [0.05, 0.1) is 6.10 Å². The molecule has 2 atom stereocenters. The molecule has 1 saturated heterocycles. The van der Waals surface area contributed by atoms with Crippen molar-refractivity contribution in [3.05, 3.63) is 58.1 Å². The van der Waals surface area contributed by atoms with Crippen molar-refractivity contribution in [1.82, 2.24) is 5.32 Å². The van der Waals surface area contributed by atoms with Crippen molar-refractivity contribution in [1.29, 1.82) is 0 Å². The third kappa shape index (κ3) is 4.33. The third-order valence-corrected chi connectivity index (χ3v) is 4.91. The fraction of sp³-hybridized carbons (Fsp3) is 0.316. The lowest BCUT2D eigenvalue weighted by atomic mass is 9.99. The lowest BCUT2D eigenvalue weighted by molar-refractivity contribution is -0.125. The maximum atomic E-state index is 12.3. The summed E-state index contributed by atoms with van der Waals surface area (Å²) in [7, 11) is 0. The summed E-state index contributed by atoms with van der Waals surface area (Å²) in [6.07, 6.45) is 1.58. The van der Waals surface area contributed by atoms with Crippen molar-refractivity contribution >= 4 is 29.1 Å². The molecular formula is C19H20Cl2N2O2. The monoisotopic (exact) mass is 378 g/mol. The normalized spacial score (nSPS) is 18.1. The minimum atomic E-state index is -0.645. The number of benzene rings is 2. The molecule has 132 valence electrons. The van der Waals surface area contributed by atoms with Gasteiger partial charge in [-0.25, -0.2) is 0 Å². The first kappa shape index (κ1) is 18.2. The molecular weight excluding hydrogens is 359 g/mol. The third-order valence-electron chi connectivity index (χ3n) is 4.36. The maximum absolute atomic E-state index is 12.3. The van der Waals surface area contributed by atoms with Crippen molar-refractivity contribution in [2.24, 2.45) is 5.73 Å². The molecule has 0 spiro atoms. The topological polar surface area (TPSA) is 64.4 Å². The number of hydrogen-bond donors (Lipinski definition) is 2. The molecule has 1 fully saturated rings. The van der Waals surface area contributed by atoms with Gasteiger partial charge in [0.25, 0.3) is 0 Å². The Hall–Kier alpha value is -1.59. The van der Waals surface area contributed by atoms with E-state index in [-0.39, 0.29) is 12.0 Å². The molecule has 4 nitrogen and oxygen atoms in total. The number of ether oxygens (including phenoxy) is 1. The highest BCUT2D eigenvalue weighted by Crippen LogP contribution is 2.32. The fourth-order valence-corrected chi connectivity index (χ4v) is 3.51. The average Bonchev–Trinajstić information content (AvgIpc) is 3.14. The number of rotatable bonds is 5. The van der Waals surface area contributed by atoms with E-state index in [4.69, 9.17) is 33.7 Å². The quantitative estimate of drug-likeness (QED) is 0.831. The minimum Gasteiger partial charge on any atom is -0.376 e. The van der Waals surface area contributed by atoms with Gasteiger partial charge in [-0.1, -0.05) is 53.5 Å². The van der Waals surface area contributed by atoms with Gasteiger partial charge in [0.1, 0.15) is 6.04 Å². The molecule has 3 rings (SSSR count).